The van der Waals surface area contributed by atoms with Gasteiger partial charge >= 0.3 is 0 Å². The summed E-state index contributed by atoms with van der Waals surface area (Å²) in [4.78, 5) is 14.3. The topological polar surface area (TPSA) is 41.6 Å². The van der Waals surface area contributed by atoms with Crippen LogP contribution in [0.15, 0.2) is 24.3 Å². The van der Waals surface area contributed by atoms with Crippen LogP contribution in [0.4, 0.5) is 0 Å². The van der Waals surface area contributed by atoms with Crippen LogP contribution in [0.2, 0.25) is 0 Å². The summed E-state index contributed by atoms with van der Waals surface area (Å²) in [5.41, 5.74) is 1.19. The highest BCUT2D eigenvalue weighted by molar-refractivity contribution is 5.77. The van der Waals surface area contributed by atoms with Gasteiger partial charge in [-0.05, 0) is 51.9 Å². The summed E-state index contributed by atoms with van der Waals surface area (Å²) in [6.45, 7) is 3.16. The zero-order chi connectivity index (χ0) is 15.9. The maximum Gasteiger partial charge on any atom is 0.258 e. The van der Waals surface area contributed by atoms with Crippen molar-refractivity contribution in [1.29, 1.82) is 0 Å². The molecule has 0 radical (unpaired) electrons. The lowest BCUT2D eigenvalue weighted by Crippen LogP contribution is -2.46. The Morgan fingerprint density at radius 3 is 2.59 bits per heavy atom. The fourth-order valence-corrected chi connectivity index (χ4v) is 3.12. The number of nitrogens with one attached hydrogen (secondary N) is 1. The summed E-state index contributed by atoms with van der Waals surface area (Å²) in [6.07, 6.45) is 4.75. The Morgan fingerprint density at radius 1 is 1.23 bits per heavy atom. The van der Waals surface area contributed by atoms with E-state index >= 15 is 0 Å². The first-order valence-corrected chi connectivity index (χ1v) is 8.18. The molecule has 0 aliphatic heterocycles. The summed E-state index contributed by atoms with van der Waals surface area (Å²) in [5.74, 6) is 1.28. The van der Waals surface area contributed by atoms with Gasteiger partial charge in [0.2, 0.25) is 0 Å². The fraction of sp³-hybridized carbons (Fsp3) is 0.611. The van der Waals surface area contributed by atoms with Crippen LogP contribution in [0.25, 0.3) is 0 Å². The Morgan fingerprint density at radius 2 is 1.91 bits per heavy atom. The van der Waals surface area contributed by atoms with Crippen molar-refractivity contribution in [3.8, 4) is 5.75 Å². The zero-order valence-electron chi connectivity index (χ0n) is 14.0. The third-order valence-electron chi connectivity index (χ3n) is 4.25. The molecule has 2 unspecified atom stereocenters. The number of ether oxygens (including phenoxy) is 1. The molecule has 0 heterocycles. The molecule has 1 aromatic rings. The third kappa shape index (κ3) is 5.34. The molecule has 2 atom stereocenters. The molecular formula is C18H28N2O2. The van der Waals surface area contributed by atoms with E-state index in [4.69, 9.17) is 4.74 Å². The largest absolute Gasteiger partial charge is 0.484 e. The van der Waals surface area contributed by atoms with Crippen molar-refractivity contribution in [2.75, 3.05) is 27.2 Å². The van der Waals surface area contributed by atoms with Gasteiger partial charge in [-0.3, -0.25) is 4.79 Å². The second-order valence-electron chi connectivity index (χ2n) is 6.58. The molecule has 0 saturated heterocycles. The van der Waals surface area contributed by atoms with E-state index in [9.17, 15) is 4.79 Å². The second kappa shape index (κ2) is 8.18. The van der Waals surface area contributed by atoms with Gasteiger partial charge in [0.05, 0.1) is 0 Å². The number of carbonyl (C=O) groups excluding carboxylic acids is 1. The van der Waals surface area contributed by atoms with Gasteiger partial charge in [-0.2, -0.15) is 0 Å². The van der Waals surface area contributed by atoms with E-state index in [-0.39, 0.29) is 18.6 Å². The molecule has 1 aliphatic rings. The van der Waals surface area contributed by atoms with Crippen LogP contribution in [0, 0.1) is 12.8 Å². The van der Waals surface area contributed by atoms with Crippen molar-refractivity contribution >= 4 is 5.91 Å². The van der Waals surface area contributed by atoms with Gasteiger partial charge in [-0.15, -0.1) is 0 Å². The van der Waals surface area contributed by atoms with Crippen LogP contribution in [-0.2, 0) is 4.79 Å². The number of carbonyl (C=O) groups is 1. The average molecular weight is 304 g/mol. The van der Waals surface area contributed by atoms with Crippen LogP contribution in [0.3, 0.4) is 0 Å². The van der Waals surface area contributed by atoms with E-state index in [2.05, 4.69) is 24.3 Å². The van der Waals surface area contributed by atoms with E-state index in [1.165, 1.54) is 24.8 Å². The summed E-state index contributed by atoms with van der Waals surface area (Å²) in [5, 5.41) is 3.17. The molecule has 4 nitrogen and oxygen atoms in total. The lowest BCUT2D eigenvalue weighted by Gasteiger charge is -2.33. The molecule has 1 aromatic carbocycles. The Hall–Kier alpha value is -1.55. The molecular weight excluding hydrogens is 276 g/mol. The SMILES string of the molecule is Cc1ccc(OCC(=O)NC2CCCCC2CN(C)C)cc1. The maximum absolute atomic E-state index is 12.1. The van der Waals surface area contributed by atoms with Crippen LogP contribution in [-0.4, -0.2) is 44.1 Å². The van der Waals surface area contributed by atoms with Crippen molar-refractivity contribution in [1.82, 2.24) is 10.2 Å². The van der Waals surface area contributed by atoms with E-state index in [0.717, 1.165) is 18.7 Å². The van der Waals surface area contributed by atoms with E-state index in [1.807, 2.05) is 31.2 Å². The lowest BCUT2D eigenvalue weighted by atomic mass is 9.84. The molecule has 0 aromatic heterocycles. The van der Waals surface area contributed by atoms with Crippen LogP contribution in [0.1, 0.15) is 31.2 Å². The minimum atomic E-state index is -0.0174. The van der Waals surface area contributed by atoms with Gasteiger partial charge in [0.15, 0.2) is 6.61 Å². The maximum atomic E-state index is 12.1. The standard InChI is InChI=1S/C18H28N2O2/c1-14-8-10-16(11-9-14)22-13-18(21)19-17-7-5-4-6-15(17)12-20(2)3/h8-11,15,17H,4-7,12-13H2,1-3H3,(H,19,21). The number of nitrogens with zero attached hydrogens (tertiary/aromatic N) is 1. The number of hydrogen-bond acceptors (Lipinski definition) is 3. The highest BCUT2D eigenvalue weighted by Gasteiger charge is 2.26. The van der Waals surface area contributed by atoms with Crippen molar-refractivity contribution in [2.45, 2.75) is 38.6 Å². The molecule has 1 saturated carbocycles. The molecule has 1 amide bonds. The van der Waals surface area contributed by atoms with Crippen LogP contribution >= 0.6 is 0 Å². The Labute approximate surface area is 133 Å². The van der Waals surface area contributed by atoms with Crippen LogP contribution < -0.4 is 10.1 Å². The van der Waals surface area contributed by atoms with Gasteiger partial charge in [0, 0.05) is 12.6 Å². The van der Waals surface area contributed by atoms with Gasteiger partial charge < -0.3 is 15.0 Å². The second-order valence-corrected chi connectivity index (χ2v) is 6.58. The first kappa shape index (κ1) is 16.8. The monoisotopic (exact) mass is 304 g/mol. The van der Waals surface area contributed by atoms with Gasteiger partial charge in [-0.25, -0.2) is 0 Å². The quantitative estimate of drug-likeness (QED) is 0.878. The van der Waals surface area contributed by atoms with E-state index in [0.29, 0.717) is 5.92 Å². The zero-order valence-corrected chi connectivity index (χ0v) is 14.0. The van der Waals surface area contributed by atoms with Gasteiger partial charge in [-0.1, -0.05) is 30.5 Å². The van der Waals surface area contributed by atoms with Crippen molar-refractivity contribution in [2.24, 2.45) is 5.92 Å². The first-order valence-electron chi connectivity index (χ1n) is 8.18. The highest BCUT2D eigenvalue weighted by atomic mass is 16.5. The highest BCUT2D eigenvalue weighted by Crippen LogP contribution is 2.25. The van der Waals surface area contributed by atoms with Crippen molar-refractivity contribution in [3.05, 3.63) is 29.8 Å². The molecule has 0 bridgehead atoms. The average Bonchev–Trinajstić information content (AvgIpc) is 2.48. The fourth-order valence-electron chi connectivity index (χ4n) is 3.12. The number of rotatable bonds is 6. The molecule has 22 heavy (non-hydrogen) atoms. The third-order valence-corrected chi connectivity index (χ3v) is 4.25. The Kier molecular flexibility index (Phi) is 6.25. The Bertz CT molecular complexity index is 470. The predicted molar refractivity (Wildman–Crippen MR) is 89.1 cm³/mol. The van der Waals surface area contributed by atoms with Crippen molar-refractivity contribution < 1.29 is 9.53 Å². The lowest BCUT2D eigenvalue weighted by molar-refractivity contribution is -0.124. The number of benzene rings is 1. The first-order chi connectivity index (χ1) is 10.5. The molecule has 0 spiro atoms. The molecule has 1 aliphatic carbocycles. The number of amides is 1. The molecule has 122 valence electrons. The molecule has 1 N–H and O–H groups in total. The number of hydrogen-bond donors (Lipinski definition) is 1. The number of aryl methyl sites for hydroxylation is 1. The Balaban J connectivity index is 1.80. The summed E-state index contributed by atoms with van der Waals surface area (Å²) >= 11 is 0. The molecule has 2 rings (SSSR count). The molecule has 4 heteroatoms. The predicted octanol–water partition coefficient (Wildman–Crippen LogP) is 2.61. The van der Waals surface area contributed by atoms with Crippen LogP contribution in [0.5, 0.6) is 5.75 Å². The normalized spacial score (nSPS) is 21.6. The van der Waals surface area contributed by atoms with E-state index < -0.39 is 0 Å². The summed E-state index contributed by atoms with van der Waals surface area (Å²) in [7, 11) is 4.18. The minimum absolute atomic E-state index is 0.0174. The van der Waals surface area contributed by atoms with Gasteiger partial charge in [0.1, 0.15) is 5.75 Å². The molecule has 1 fully saturated rings. The van der Waals surface area contributed by atoms with Crippen molar-refractivity contribution in [3.63, 3.8) is 0 Å². The van der Waals surface area contributed by atoms with Gasteiger partial charge in [0.25, 0.3) is 5.91 Å². The summed E-state index contributed by atoms with van der Waals surface area (Å²) in [6, 6.07) is 8.06. The summed E-state index contributed by atoms with van der Waals surface area (Å²) < 4.78 is 5.56. The smallest absolute Gasteiger partial charge is 0.258 e. The minimum Gasteiger partial charge on any atom is -0.484 e. The van der Waals surface area contributed by atoms with E-state index in [1.54, 1.807) is 0 Å².